The maximum atomic E-state index is 12.5. The van der Waals surface area contributed by atoms with Gasteiger partial charge in [0, 0.05) is 41.9 Å². The monoisotopic (exact) mass is 321 g/mol. The molecule has 1 fully saturated rings. The average Bonchev–Trinajstić information content (AvgIpc) is 2.94. The molecule has 2 aliphatic rings. The Hall–Kier alpha value is -2.59. The van der Waals surface area contributed by atoms with Crippen LogP contribution in [0.25, 0.3) is 6.08 Å². The number of ketones is 1. The first-order valence-corrected chi connectivity index (χ1v) is 8.21. The largest absolute Gasteiger partial charge is 0.508 e. The number of phenolic OH excluding ortho intramolecular Hbond substituents is 1. The Morgan fingerprint density at radius 1 is 1.04 bits per heavy atom. The van der Waals surface area contributed by atoms with Gasteiger partial charge in [0.1, 0.15) is 5.75 Å². The number of nitrogens with zero attached hydrogens (tertiary/aromatic N) is 1. The molecule has 1 aliphatic heterocycles. The van der Waals surface area contributed by atoms with Gasteiger partial charge in [-0.15, -0.1) is 0 Å². The highest BCUT2D eigenvalue weighted by Crippen LogP contribution is 2.33. The van der Waals surface area contributed by atoms with Gasteiger partial charge in [-0.25, -0.2) is 0 Å². The standard InChI is InChI=1S/C20H19NO3/c22-19-3-1-2-17-18(19)13-15(20(17)23)12-14-4-6-16(7-5-14)21-8-10-24-11-9-21/h1-7,12,22H,8-11,13H2. The van der Waals surface area contributed by atoms with Crippen molar-refractivity contribution in [2.24, 2.45) is 0 Å². The molecule has 1 aliphatic carbocycles. The summed E-state index contributed by atoms with van der Waals surface area (Å²) in [6, 6.07) is 13.4. The minimum atomic E-state index is 0.0122. The van der Waals surface area contributed by atoms with Crippen LogP contribution < -0.4 is 4.90 Å². The number of morpholine rings is 1. The van der Waals surface area contributed by atoms with E-state index in [0.717, 1.165) is 43.0 Å². The number of anilines is 1. The fourth-order valence-electron chi connectivity index (χ4n) is 3.34. The van der Waals surface area contributed by atoms with Crippen molar-refractivity contribution in [3.05, 3.63) is 64.7 Å². The third-order valence-corrected chi connectivity index (χ3v) is 4.67. The van der Waals surface area contributed by atoms with Gasteiger partial charge in [-0.05, 0) is 29.8 Å². The van der Waals surface area contributed by atoms with Crippen LogP contribution in [0.4, 0.5) is 5.69 Å². The molecule has 0 atom stereocenters. The summed E-state index contributed by atoms with van der Waals surface area (Å²) in [4.78, 5) is 14.8. The topological polar surface area (TPSA) is 49.8 Å². The summed E-state index contributed by atoms with van der Waals surface area (Å²) < 4.78 is 5.38. The van der Waals surface area contributed by atoms with Crippen molar-refractivity contribution in [3.63, 3.8) is 0 Å². The van der Waals surface area contributed by atoms with Crippen molar-refractivity contribution in [1.29, 1.82) is 0 Å². The zero-order chi connectivity index (χ0) is 16.5. The number of fused-ring (bicyclic) bond motifs is 1. The number of hydrogen-bond acceptors (Lipinski definition) is 4. The molecule has 0 spiro atoms. The predicted octanol–water partition coefficient (Wildman–Crippen LogP) is 3.05. The van der Waals surface area contributed by atoms with E-state index in [1.807, 2.05) is 18.2 Å². The third-order valence-electron chi connectivity index (χ3n) is 4.67. The predicted molar refractivity (Wildman–Crippen MR) is 93.6 cm³/mol. The smallest absolute Gasteiger partial charge is 0.189 e. The van der Waals surface area contributed by atoms with Gasteiger partial charge >= 0.3 is 0 Å². The highest BCUT2D eigenvalue weighted by Gasteiger charge is 2.26. The normalized spacial score (nSPS) is 18.9. The fourth-order valence-corrected chi connectivity index (χ4v) is 3.34. The molecule has 0 amide bonds. The molecule has 1 N–H and O–H groups in total. The van der Waals surface area contributed by atoms with Gasteiger partial charge in [0.05, 0.1) is 13.2 Å². The highest BCUT2D eigenvalue weighted by molar-refractivity contribution is 6.16. The van der Waals surface area contributed by atoms with E-state index in [0.29, 0.717) is 12.0 Å². The second-order valence-corrected chi connectivity index (χ2v) is 6.17. The molecule has 0 bridgehead atoms. The Morgan fingerprint density at radius 3 is 2.50 bits per heavy atom. The summed E-state index contributed by atoms with van der Waals surface area (Å²) in [5.74, 6) is 0.213. The summed E-state index contributed by atoms with van der Waals surface area (Å²) in [5.41, 5.74) is 4.26. The van der Waals surface area contributed by atoms with Crippen LogP contribution in [0, 0.1) is 0 Å². The number of phenols is 1. The van der Waals surface area contributed by atoms with Crippen LogP contribution in [-0.2, 0) is 11.2 Å². The Labute approximate surface area is 141 Å². The molecule has 24 heavy (non-hydrogen) atoms. The zero-order valence-corrected chi connectivity index (χ0v) is 13.4. The van der Waals surface area contributed by atoms with Crippen molar-refractivity contribution in [3.8, 4) is 5.75 Å². The molecule has 122 valence electrons. The molecular weight excluding hydrogens is 302 g/mol. The lowest BCUT2D eigenvalue weighted by Crippen LogP contribution is -2.36. The van der Waals surface area contributed by atoms with Gasteiger partial charge in [0.15, 0.2) is 5.78 Å². The molecule has 0 saturated carbocycles. The first-order chi connectivity index (χ1) is 11.7. The number of Topliss-reactive ketones (excluding diaryl/α,β-unsaturated/α-hetero) is 1. The summed E-state index contributed by atoms with van der Waals surface area (Å²) in [6.45, 7) is 3.35. The number of carbonyl (C=O) groups is 1. The SMILES string of the molecule is O=C1C(=Cc2ccc(N3CCOCC3)cc2)Cc2c(O)cccc21. The van der Waals surface area contributed by atoms with E-state index in [4.69, 9.17) is 4.74 Å². The summed E-state index contributed by atoms with van der Waals surface area (Å²) >= 11 is 0. The van der Waals surface area contributed by atoms with E-state index in [2.05, 4.69) is 17.0 Å². The van der Waals surface area contributed by atoms with Crippen molar-refractivity contribution in [2.75, 3.05) is 31.2 Å². The van der Waals surface area contributed by atoms with Crippen LogP contribution in [0.1, 0.15) is 21.5 Å². The van der Waals surface area contributed by atoms with E-state index in [-0.39, 0.29) is 11.5 Å². The van der Waals surface area contributed by atoms with E-state index in [1.165, 1.54) is 5.69 Å². The third kappa shape index (κ3) is 2.69. The number of benzene rings is 2. The van der Waals surface area contributed by atoms with Crippen LogP contribution in [0.5, 0.6) is 5.75 Å². The highest BCUT2D eigenvalue weighted by atomic mass is 16.5. The lowest BCUT2D eigenvalue weighted by molar-refractivity contribution is 0.104. The minimum absolute atomic E-state index is 0.0122. The summed E-state index contributed by atoms with van der Waals surface area (Å²) in [7, 11) is 0. The first-order valence-electron chi connectivity index (χ1n) is 8.21. The zero-order valence-electron chi connectivity index (χ0n) is 13.4. The molecule has 4 nitrogen and oxygen atoms in total. The Morgan fingerprint density at radius 2 is 1.79 bits per heavy atom. The van der Waals surface area contributed by atoms with Crippen LogP contribution in [0.3, 0.4) is 0 Å². The minimum Gasteiger partial charge on any atom is -0.508 e. The number of rotatable bonds is 2. The van der Waals surface area contributed by atoms with E-state index >= 15 is 0 Å². The van der Waals surface area contributed by atoms with Crippen LogP contribution in [-0.4, -0.2) is 37.2 Å². The Balaban J connectivity index is 1.56. The molecule has 1 heterocycles. The number of hydrogen-bond donors (Lipinski definition) is 1. The number of aromatic hydroxyl groups is 1. The first kappa shape index (κ1) is 15.0. The van der Waals surface area contributed by atoms with Crippen molar-refractivity contribution in [2.45, 2.75) is 6.42 Å². The molecule has 0 unspecified atom stereocenters. The van der Waals surface area contributed by atoms with Gasteiger partial charge in [-0.2, -0.15) is 0 Å². The molecule has 2 aromatic carbocycles. The average molecular weight is 321 g/mol. The Kier molecular flexibility index (Phi) is 3.82. The lowest BCUT2D eigenvalue weighted by Gasteiger charge is -2.28. The van der Waals surface area contributed by atoms with E-state index in [9.17, 15) is 9.90 Å². The maximum Gasteiger partial charge on any atom is 0.189 e. The van der Waals surface area contributed by atoms with Gasteiger partial charge < -0.3 is 14.7 Å². The van der Waals surface area contributed by atoms with Crippen LogP contribution >= 0.6 is 0 Å². The summed E-state index contributed by atoms with van der Waals surface area (Å²) in [5, 5.41) is 9.92. The molecular formula is C20H19NO3. The van der Waals surface area contributed by atoms with E-state index in [1.54, 1.807) is 18.2 Å². The van der Waals surface area contributed by atoms with Gasteiger partial charge in [-0.1, -0.05) is 24.3 Å². The second-order valence-electron chi connectivity index (χ2n) is 6.17. The maximum absolute atomic E-state index is 12.5. The Bertz CT molecular complexity index is 802. The lowest BCUT2D eigenvalue weighted by atomic mass is 10.1. The van der Waals surface area contributed by atoms with Crippen LogP contribution in [0.2, 0.25) is 0 Å². The molecule has 0 aromatic heterocycles. The second kappa shape index (κ2) is 6.13. The fraction of sp³-hybridized carbons (Fsp3) is 0.250. The molecule has 0 radical (unpaired) electrons. The molecule has 4 heteroatoms. The number of ether oxygens (including phenoxy) is 1. The molecule has 2 aromatic rings. The van der Waals surface area contributed by atoms with Crippen molar-refractivity contribution in [1.82, 2.24) is 0 Å². The quantitative estimate of drug-likeness (QED) is 0.864. The number of carbonyl (C=O) groups excluding carboxylic acids is 1. The van der Waals surface area contributed by atoms with Crippen LogP contribution in [0.15, 0.2) is 48.0 Å². The van der Waals surface area contributed by atoms with Crippen molar-refractivity contribution >= 4 is 17.5 Å². The molecule has 1 saturated heterocycles. The summed E-state index contributed by atoms with van der Waals surface area (Å²) in [6.07, 6.45) is 2.41. The number of allylic oxidation sites excluding steroid dienone is 1. The van der Waals surface area contributed by atoms with Gasteiger partial charge in [0.2, 0.25) is 0 Å². The van der Waals surface area contributed by atoms with Crippen molar-refractivity contribution < 1.29 is 14.6 Å². The van der Waals surface area contributed by atoms with Gasteiger partial charge in [-0.3, -0.25) is 4.79 Å². The molecule has 4 rings (SSSR count). The van der Waals surface area contributed by atoms with Gasteiger partial charge in [0.25, 0.3) is 0 Å². The van der Waals surface area contributed by atoms with E-state index < -0.39 is 0 Å².